The third-order valence-corrected chi connectivity index (χ3v) is 3.27. The van der Waals surface area contributed by atoms with Crippen LogP contribution in [-0.2, 0) is 14.4 Å². The highest BCUT2D eigenvalue weighted by molar-refractivity contribution is 7.27. The van der Waals surface area contributed by atoms with Crippen molar-refractivity contribution in [1.29, 1.82) is 0 Å². The van der Waals surface area contributed by atoms with Crippen LogP contribution in [0.5, 0.6) is 0 Å². The Labute approximate surface area is 93.9 Å². The van der Waals surface area contributed by atoms with Crippen molar-refractivity contribution >= 4 is 34.4 Å². The van der Waals surface area contributed by atoms with Crippen molar-refractivity contribution < 1.29 is 14.4 Å². The van der Waals surface area contributed by atoms with Crippen molar-refractivity contribution in [1.82, 2.24) is 0 Å². The fourth-order valence-electron chi connectivity index (χ4n) is 0.817. The van der Waals surface area contributed by atoms with Gasteiger partial charge in [0.05, 0.1) is 11.5 Å². The number of esters is 1. The van der Waals surface area contributed by atoms with E-state index in [0.29, 0.717) is 4.88 Å². The van der Waals surface area contributed by atoms with Crippen LogP contribution in [0, 0.1) is 0 Å². The third kappa shape index (κ3) is 3.14. The van der Waals surface area contributed by atoms with Crippen LogP contribution < -0.4 is 4.06 Å². The second-order valence-corrected chi connectivity index (χ2v) is 4.41. The summed E-state index contributed by atoms with van der Waals surface area (Å²) in [5, 5.41) is 5.10. The molecule has 0 radical (unpaired) electrons. The summed E-state index contributed by atoms with van der Waals surface area (Å²) in [6.45, 7) is 1.94. The molecule has 0 aliphatic carbocycles. The van der Waals surface area contributed by atoms with Gasteiger partial charge in [0.2, 0.25) is 5.71 Å². The van der Waals surface area contributed by atoms with Crippen LogP contribution in [-0.4, -0.2) is 25.4 Å². The molecule has 0 fully saturated rings. The Morgan fingerprint density at radius 3 is 2.80 bits per heavy atom. The topological polar surface area (TPSA) is 65.0 Å². The zero-order chi connectivity index (χ0) is 11.3. The van der Waals surface area contributed by atoms with E-state index in [0.717, 1.165) is 22.7 Å². The first-order valence-corrected chi connectivity index (χ1v) is 5.76. The number of carbonyl (C=O) groups is 1. The first-order valence-electron chi connectivity index (χ1n) is 4.06. The van der Waals surface area contributed by atoms with Gasteiger partial charge < -0.3 is 9.57 Å². The summed E-state index contributed by atoms with van der Waals surface area (Å²) in [4.78, 5) is 27.4. The molecule has 0 N–H and O–H groups in total. The predicted octanol–water partition coefficient (Wildman–Crippen LogP) is 1.08. The number of ether oxygens (including phenoxy) is 1. The molecule has 0 spiro atoms. The minimum Gasteiger partial charge on any atom is -0.461 e. The Balaban J connectivity index is 2.98. The minimum atomic E-state index is -0.589. The average Bonchev–Trinajstić information content (AvgIpc) is 2.61. The monoisotopic (exact) mass is 247 g/mol. The van der Waals surface area contributed by atoms with E-state index in [9.17, 15) is 9.59 Å². The molecule has 1 aromatic heterocycles. The molecule has 5 nitrogen and oxygen atoms in total. The van der Waals surface area contributed by atoms with Crippen molar-refractivity contribution in [3.63, 3.8) is 0 Å². The number of hydrogen-bond acceptors (Lipinski definition) is 7. The maximum atomic E-state index is 11.4. The largest absolute Gasteiger partial charge is 0.461 e. The van der Waals surface area contributed by atoms with E-state index in [-0.39, 0.29) is 16.4 Å². The fourth-order valence-corrected chi connectivity index (χ4v) is 2.47. The molecule has 1 heterocycles. The molecule has 0 saturated heterocycles. The molecule has 15 heavy (non-hydrogen) atoms. The first-order chi connectivity index (χ1) is 7.19. The van der Waals surface area contributed by atoms with Gasteiger partial charge in [0, 0.05) is 5.38 Å². The zero-order valence-corrected chi connectivity index (χ0v) is 9.81. The Morgan fingerprint density at radius 2 is 2.33 bits per heavy atom. The molecule has 0 aromatic carbocycles. The zero-order valence-electron chi connectivity index (χ0n) is 8.18. The van der Waals surface area contributed by atoms with Crippen LogP contribution in [0.1, 0.15) is 11.8 Å². The second kappa shape index (κ2) is 5.62. The van der Waals surface area contributed by atoms with E-state index in [1.54, 1.807) is 12.3 Å². The molecular weight excluding hydrogens is 238 g/mol. The Morgan fingerprint density at radius 1 is 1.60 bits per heavy atom. The Hall–Kier alpha value is -1.21. The van der Waals surface area contributed by atoms with E-state index in [4.69, 9.17) is 4.74 Å². The molecular formula is C8H9NO4S2. The van der Waals surface area contributed by atoms with Gasteiger partial charge in [0.25, 0.3) is 4.06 Å². The van der Waals surface area contributed by atoms with Gasteiger partial charge >= 0.3 is 5.97 Å². The SMILES string of the molecule is CCOC(=O)/C(=N\OC)c1csc(=O)s1. The number of oxime groups is 1. The lowest BCUT2D eigenvalue weighted by atomic mass is 10.3. The van der Waals surface area contributed by atoms with Gasteiger partial charge in [-0.05, 0) is 6.92 Å². The standard InChI is InChI=1S/C8H9NO4S2/c1-3-13-7(10)6(9-12-2)5-4-14-8(11)15-5/h4H,3H2,1-2H3/b9-6-. The predicted molar refractivity (Wildman–Crippen MR) is 58.6 cm³/mol. The first kappa shape index (κ1) is 11.9. The highest BCUT2D eigenvalue weighted by Gasteiger charge is 2.18. The summed E-state index contributed by atoms with van der Waals surface area (Å²) < 4.78 is 4.68. The molecule has 1 rings (SSSR count). The van der Waals surface area contributed by atoms with E-state index in [2.05, 4.69) is 9.99 Å². The van der Waals surface area contributed by atoms with Crippen molar-refractivity contribution in [3.05, 3.63) is 19.1 Å². The van der Waals surface area contributed by atoms with Gasteiger partial charge in [-0.25, -0.2) is 4.79 Å². The molecule has 0 atom stereocenters. The molecule has 0 bridgehead atoms. The average molecular weight is 247 g/mol. The summed E-state index contributed by atoms with van der Waals surface area (Å²) >= 11 is 1.95. The highest BCUT2D eigenvalue weighted by Crippen LogP contribution is 2.10. The Bertz CT molecular complexity index is 420. The van der Waals surface area contributed by atoms with Crippen molar-refractivity contribution in [2.45, 2.75) is 6.92 Å². The fraction of sp³-hybridized carbons (Fsp3) is 0.375. The van der Waals surface area contributed by atoms with Crippen LogP contribution >= 0.6 is 22.7 Å². The van der Waals surface area contributed by atoms with Gasteiger partial charge in [-0.15, -0.1) is 0 Å². The molecule has 0 unspecified atom stereocenters. The molecule has 7 heteroatoms. The van der Waals surface area contributed by atoms with Gasteiger partial charge in [-0.2, -0.15) is 0 Å². The van der Waals surface area contributed by atoms with E-state index >= 15 is 0 Å². The molecule has 82 valence electrons. The molecule has 0 saturated carbocycles. The quantitative estimate of drug-likeness (QED) is 0.454. The smallest absolute Gasteiger partial charge is 0.361 e. The molecule has 0 aliphatic rings. The number of nitrogens with zero attached hydrogens (tertiary/aromatic N) is 1. The lowest BCUT2D eigenvalue weighted by Crippen LogP contribution is -2.18. The minimum absolute atomic E-state index is 0.0303. The van der Waals surface area contributed by atoms with Crippen molar-refractivity contribution in [2.75, 3.05) is 13.7 Å². The molecule has 0 amide bonds. The normalized spacial score (nSPS) is 11.2. The van der Waals surface area contributed by atoms with Gasteiger partial charge in [0.15, 0.2) is 0 Å². The van der Waals surface area contributed by atoms with E-state index in [1.165, 1.54) is 7.11 Å². The van der Waals surface area contributed by atoms with Crippen LogP contribution in [0.15, 0.2) is 15.3 Å². The van der Waals surface area contributed by atoms with E-state index in [1.807, 2.05) is 0 Å². The lowest BCUT2D eigenvalue weighted by molar-refractivity contribution is -0.135. The molecule has 1 aromatic rings. The summed E-state index contributed by atoms with van der Waals surface area (Å²) in [6.07, 6.45) is 0. The van der Waals surface area contributed by atoms with Crippen molar-refractivity contribution in [3.8, 4) is 0 Å². The van der Waals surface area contributed by atoms with Crippen molar-refractivity contribution in [2.24, 2.45) is 5.16 Å². The number of carbonyl (C=O) groups excluding carboxylic acids is 1. The lowest BCUT2D eigenvalue weighted by Gasteiger charge is -2.01. The van der Waals surface area contributed by atoms with Crippen LogP contribution in [0.25, 0.3) is 0 Å². The Kier molecular flexibility index (Phi) is 4.44. The number of rotatable bonds is 4. The van der Waals surface area contributed by atoms with Crippen LogP contribution in [0.3, 0.4) is 0 Å². The maximum absolute atomic E-state index is 11.4. The van der Waals surface area contributed by atoms with Gasteiger partial charge in [0.1, 0.15) is 7.11 Å². The summed E-state index contributed by atoms with van der Waals surface area (Å²) in [6, 6.07) is 0. The van der Waals surface area contributed by atoms with Gasteiger partial charge in [-0.3, -0.25) is 4.79 Å². The van der Waals surface area contributed by atoms with Crippen LogP contribution in [0.4, 0.5) is 0 Å². The maximum Gasteiger partial charge on any atom is 0.361 e. The van der Waals surface area contributed by atoms with Gasteiger partial charge in [-0.1, -0.05) is 27.8 Å². The second-order valence-electron chi connectivity index (χ2n) is 2.29. The highest BCUT2D eigenvalue weighted by atomic mass is 32.2. The molecule has 0 aliphatic heterocycles. The summed E-state index contributed by atoms with van der Waals surface area (Å²) in [5.41, 5.74) is 0.0303. The number of hydrogen-bond donors (Lipinski definition) is 0. The third-order valence-electron chi connectivity index (χ3n) is 1.34. The van der Waals surface area contributed by atoms with Crippen LogP contribution in [0.2, 0.25) is 0 Å². The summed E-state index contributed by atoms with van der Waals surface area (Å²) in [7, 11) is 1.33. The van der Waals surface area contributed by atoms with E-state index < -0.39 is 5.97 Å². The summed E-state index contributed by atoms with van der Waals surface area (Å²) in [5.74, 6) is -0.589.